The number of hydrogen-bond acceptors (Lipinski definition) is 3. The molecule has 1 fully saturated rings. The lowest BCUT2D eigenvalue weighted by Gasteiger charge is -2.33. The summed E-state index contributed by atoms with van der Waals surface area (Å²) in [5.41, 5.74) is 5.22. The van der Waals surface area contributed by atoms with Crippen LogP contribution in [0.2, 0.25) is 0 Å². The van der Waals surface area contributed by atoms with E-state index >= 15 is 0 Å². The third-order valence-corrected chi connectivity index (χ3v) is 4.48. The van der Waals surface area contributed by atoms with Gasteiger partial charge in [0.25, 0.3) is 5.91 Å². The second kappa shape index (κ2) is 6.27. The van der Waals surface area contributed by atoms with Crippen molar-refractivity contribution < 1.29 is 4.79 Å². The molecule has 1 aliphatic carbocycles. The van der Waals surface area contributed by atoms with Gasteiger partial charge in [0.1, 0.15) is 0 Å². The maximum absolute atomic E-state index is 12.6. The number of aryl methyl sites for hydroxylation is 1. The highest BCUT2D eigenvalue weighted by molar-refractivity contribution is 5.95. The molecule has 1 aromatic carbocycles. The molecule has 3 N–H and O–H groups in total. The van der Waals surface area contributed by atoms with Crippen molar-refractivity contribution >= 4 is 11.6 Å². The van der Waals surface area contributed by atoms with E-state index in [0.717, 1.165) is 35.6 Å². The van der Waals surface area contributed by atoms with Crippen LogP contribution < -0.4 is 11.3 Å². The lowest BCUT2D eigenvalue weighted by atomic mass is 9.86. The van der Waals surface area contributed by atoms with Gasteiger partial charge >= 0.3 is 0 Å². The van der Waals surface area contributed by atoms with E-state index < -0.39 is 0 Å². The first-order valence-corrected chi connectivity index (χ1v) is 7.37. The van der Waals surface area contributed by atoms with E-state index in [9.17, 15) is 4.79 Å². The minimum Gasteiger partial charge on any atom is -0.339 e. The number of rotatable bonds is 3. The quantitative estimate of drug-likeness (QED) is 0.658. The summed E-state index contributed by atoms with van der Waals surface area (Å²) in [5, 5.41) is 0. The van der Waals surface area contributed by atoms with Crippen LogP contribution in [-0.2, 0) is 0 Å². The molecule has 20 heavy (non-hydrogen) atoms. The van der Waals surface area contributed by atoms with E-state index in [0.29, 0.717) is 6.04 Å². The third-order valence-electron chi connectivity index (χ3n) is 4.48. The van der Waals surface area contributed by atoms with Crippen molar-refractivity contribution in [2.45, 2.75) is 45.6 Å². The average Bonchev–Trinajstić information content (AvgIpc) is 2.46. The Morgan fingerprint density at radius 3 is 2.50 bits per heavy atom. The first kappa shape index (κ1) is 14.9. The molecular weight excluding hydrogens is 250 g/mol. The van der Waals surface area contributed by atoms with Crippen molar-refractivity contribution in [2.75, 3.05) is 12.5 Å². The van der Waals surface area contributed by atoms with Gasteiger partial charge in [0.15, 0.2) is 0 Å². The fourth-order valence-electron chi connectivity index (χ4n) is 2.96. The summed E-state index contributed by atoms with van der Waals surface area (Å²) >= 11 is 0. The number of nitrogen functional groups attached to an aromatic ring is 1. The standard InChI is InChI=1S/C16H25N3O/c1-11-4-7-14(8-5-11)19(3)16(20)13-6-9-15(18-17)12(2)10-13/h6,9-11,14,18H,4-5,7-8,17H2,1-3H3. The van der Waals surface area contributed by atoms with E-state index in [1.165, 1.54) is 12.8 Å². The molecule has 0 unspecified atom stereocenters. The molecule has 4 heteroatoms. The van der Waals surface area contributed by atoms with Gasteiger partial charge in [0, 0.05) is 18.7 Å². The van der Waals surface area contributed by atoms with Gasteiger partial charge in [-0.05, 0) is 62.3 Å². The van der Waals surface area contributed by atoms with E-state index in [1.54, 1.807) is 0 Å². The molecule has 110 valence electrons. The van der Waals surface area contributed by atoms with Crippen LogP contribution >= 0.6 is 0 Å². The summed E-state index contributed by atoms with van der Waals surface area (Å²) in [5.74, 6) is 6.33. The fourth-order valence-corrected chi connectivity index (χ4v) is 2.96. The van der Waals surface area contributed by atoms with Crippen LogP contribution in [0, 0.1) is 12.8 Å². The zero-order valence-electron chi connectivity index (χ0n) is 12.6. The maximum atomic E-state index is 12.6. The minimum atomic E-state index is 0.108. The molecule has 0 atom stereocenters. The van der Waals surface area contributed by atoms with Crippen LogP contribution in [0.5, 0.6) is 0 Å². The van der Waals surface area contributed by atoms with Gasteiger partial charge in [-0.25, -0.2) is 0 Å². The predicted octanol–water partition coefficient (Wildman–Crippen LogP) is 2.93. The Hall–Kier alpha value is -1.55. The molecule has 4 nitrogen and oxygen atoms in total. The van der Waals surface area contributed by atoms with Crippen LogP contribution in [0.15, 0.2) is 18.2 Å². The topological polar surface area (TPSA) is 58.4 Å². The molecule has 0 aliphatic heterocycles. The monoisotopic (exact) mass is 275 g/mol. The van der Waals surface area contributed by atoms with Gasteiger partial charge in [0.05, 0.1) is 5.69 Å². The normalized spacial score (nSPS) is 22.4. The molecule has 0 heterocycles. The molecular formula is C16H25N3O. The van der Waals surface area contributed by atoms with Crippen LogP contribution in [-0.4, -0.2) is 23.9 Å². The maximum Gasteiger partial charge on any atom is 0.253 e. The summed E-state index contributed by atoms with van der Waals surface area (Å²) in [6.07, 6.45) is 4.67. The molecule has 0 saturated heterocycles. The SMILES string of the molecule is Cc1cc(C(=O)N(C)C2CCC(C)CC2)ccc1NN. The predicted molar refractivity (Wildman–Crippen MR) is 82.5 cm³/mol. The molecule has 0 spiro atoms. The molecule has 1 aliphatic rings. The number of carbonyl (C=O) groups excluding carboxylic acids is 1. The van der Waals surface area contributed by atoms with Crippen LogP contribution in [0.3, 0.4) is 0 Å². The third kappa shape index (κ3) is 3.12. The van der Waals surface area contributed by atoms with E-state index in [2.05, 4.69) is 12.3 Å². The second-order valence-electron chi connectivity index (χ2n) is 6.00. The van der Waals surface area contributed by atoms with Crippen molar-refractivity contribution in [3.8, 4) is 0 Å². The largest absolute Gasteiger partial charge is 0.339 e. The summed E-state index contributed by atoms with van der Waals surface area (Å²) in [4.78, 5) is 14.5. The van der Waals surface area contributed by atoms with Gasteiger partial charge in [0.2, 0.25) is 0 Å². The highest BCUT2D eigenvalue weighted by Crippen LogP contribution is 2.27. The van der Waals surface area contributed by atoms with Crippen LogP contribution in [0.1, 0.15) is 48.5 Å². The number of carbonyl (C=O) groups is 1. The lowest BCUT2D eigenvalue weighted by molar-refractivity contribution is 0.0679. The number of hydrazine groups is 1. The number of amides is 1. The second-order valence-corrected chi connectivity index (χ2v) is 6.00. The summed E-state index contributed by atoms with van der Waals surface area (Å²) in [6, 6.07) is 5.98. The Kier molecular flexibility index (Phi) is 4.65. The van der Waals surface area contributed by atoms with Crippen molar-refractivity contribution in [2.24, 2.45) is 11.8 Å². The summed E-state index contributed by atoms with van der Waals surface area (Å²) in [7, 11) is 1.92. The summed E-state index contributed by atoms with van der Waals surface area (Å²) < 4.78 is 0. The van der Waals surface area contributed by atoms with Crippen molar-refractivity contribution in [1.82, 2.24) is 4.90 Å². The number of nitrogens with two attached hydrogens (primary N) is 1. The first-order chi connectivity index (χ1) is 9.52. The first-order valence-electron chi connectivity index (χ1n) is 7.37. The van der Waals surface area contributed by atoms with Gasteiger partial charge < -0.3 is 10.3 Å². The number of anilines is 1. The summed E-state index contributed by atoms with van der Waals surface area (Å²) in [6.45, 7) is 4.24. The van der Waals surface area contributed by atoms with E-state index in [4.69, 9.17) is 5.84 Å². The van der Waals surface area contributed by atoms with Crippen molar-refractivity contribution in [3.05, 3.63) is 29.3 Å². The Labute approximate surface area is 121 Å². The molecule has 0 aromatic heterocycles. The molecule has 1 amide bonds. The molecule has 0 bridgehead atoms. The van der Waals surface area contributed by atoms with Gasteiger partial charge in [-0.1, -0.05) is 6.92 Å². The fraction of sp³-hybridized carbons (Fsp3) is 0.562. The Morgan fingerprint density at radius 1 is 1.30 bits per heavy atom. The Morgan fingerprint density at radius 2 is 1.95 bits per heavy atom. The smallest absolute Gasteiger partial charge is 0.253 e. The van der Waals surface area contributed by atoms with Crippen molar-refractivity contribution in [3.63, 3.8) is 0 Å². The highest BCUT2D eigenvalue weighted by Gasteiger charge is 2.25. The zero-order valence-corrected chi connectivity index (χ0v) is 12.6. The molecule has 0 radical (unpaired) electrons. The van der Waals surface area contributed by atoms with Gasteiger partial charge in [-0.15, -0.1) is 0 Å². The number of nitrogens with zero attached hydrogens (tertiary/aromatic N) is 1. The number of benzene rings is 1. The molecule has 2 rings (SSSR count). The van der Waals surface area contributed by atoms with Gasteiger partial charge in [-0.3, -0.25) is 10.6 Å². The zero-order chi connectivity index (χ0) is 14.7. The number of nitrogens with one attached hydrogen (secondary N) is 1. The van der Waals surface area contributed by atoms with Gasteiger partial charge in [-0.2, -0.15) is 0 Å². The molecule has 1 saturated carbocycles. The van der Waals surface area contributed by atoms with Crippen LogP contribution in [0.4, 0.5) is 5.69 Å². The average molecular weight is 275 g/mol. The minimum absolute atomic E-state index is 0.108. The molecule has 1 aromatic rings. The lowest BCUT2D eigenvalue weighted by Crippen LogP contribution is -2.39. The van der Waals surface area contributed by atoms with E-state index in [1.807, 2.05) is 37.1 Å². The van der Waals surface area contributed by atoms with E-state index in [-0.39, 0.29) is 5.91 Å². The Bertz CT molecular complexity index is 479. The Balaban J connectivity index is 2.08. The van der Waals surface area contributed by atoms with Crippen molar-refractivity contribution in [1.29, 1.82) is 0 Å². The highest BCUT2D eigenvalue weighted by atomic mass is 16.2. The van der Waals surface area contributed by atoms with Crippen LogP contribution in [0.25, 0.3) is 0 Å². The number of hydrogen-bond donors (Lipinski definition) is 2.